The van der Waals surface area contributed by atoms with E-state index in [-0.39, 0.29) is 6.04 Å². The van der Waals surface area contributed by atoms with Crippen molar-refractivity contribution in [3.63, 3.8) is 0 Å². The van der Waals surface area contributed by atoms with Gasteiger partial charge in [0.05, 0.1) is 20.3 Å². The average molecular weight is 401 g/mol. The Labute approximate surface area is 135 Å². The predicted octanol–water partition coefficient (Wildman–Crippen LogP) is 4.28. The van der Waals surface area contributed by atoms with Crippen LogP contribution in [0.5, 0.6) is 11.5 Å². The van der Waals surface area contributed by atoms with Gasteiger partial charge in [0.25, 0.3) is 0 Å². The summed E-state index contributed by atoms with van der Waals surface area (Å²) < 4.78 is 12.6. The molecule has 1 atom stereocenters. The van der Waals surface area contributed by atoms with Crippen LogP contribution in [0.2, 0.25) is 0 Å². The number of methoxy groups -OCH3 is 2. The molecule has 0 bridgehead atoms. The van der Waals surface area contributed by atoms with Gasteiger partial charge in [0.15, 0.2) is 0 Å². The molecule has 1 unspecified atom stereocenters. The minimum Gasteiger partial charge on any atom is -0.497 e. The third-order valence-corrected chi connectivity index (χ3v) is 4.25. The van der Waals surface area contributed by atoms with E-state index in [1.165, 1.54) is 0 Å². The van der Waals surface area contributed by atoms with E-state index in [2.05, 4.69) is 31.9 Å². The molecule has 0 spiro atoms. The van der Waals surface area contributed by atoms with Gasteiger partial charge in [-0.2, -0.15) is 0 Å². The molecule has 0 aromatic heterocycles. The molecule has 2 aromatic rings. The normalized spacial score (nSPS) is 12.1. The van der Waals surface area contributed by atoms with Crippen LogP contribution in [0, 0.1) is 0 Å². The lowest BCUT2D eigenvalue weighted by Gasteiger charge is -2.18. The molecular weight excluding hydrogens is 386 g/mol. The van der Waals surface area contributed by atoms with E-state index in [9.17, 15) is 0 Å². The third-order valence-electron chi connectivity index (χ3n) is 3.07. The smallest absolute Gasteiger partial charge is 0.124 e. The van der Waals surface area contributed by atoms with Crippen molar-refractivity contribution in [3.8, 4) is 11.5 Å². The molecule has 0 amide bonds. The molecule has 3 nitrogen and oxygen atoms in total. The van der Waals surface area contributed by atoms with Crippen molar-refractivity contribution < 1.29 is 9.47 Å². The first-order chi connectivity index (χ1) is 9.56. The molecule has 5 heteroatoms. The number of halogens is 2. The van der Waals surface area contributed by atoms with E-state index in [1.54, 1.807) is 14.2 Å². The summed E-state index contributed by atoms with van der Waals surface area (Å²) in [5.74, 6) is 1.50. The zero-order valence-electron chi connectivity index (χ0n) is 11.2. The molecule has 106 valence electrons. The Morgan fingerprint density at radius 1 is 0.950 bits per heavy atom. The van der Waals surface area contributed by atoms with Crippen molar-refractivity contribution in [2.75, 3.05) is 14.2 Å². The summed E-state index contributed by atoms with van der Waals surface area (Å²) >= 11 is 6.98. The minimum absolute atomic E-state index is 0.303. The highest BCUT2D eigenvalue weighted by atomic mass is 79.9. The second-order valence-corrected chi connectivity index (χ2v) is 6.02. The molecule has 20 heavy (non-hydrogen) atoms. The molecule has 2 rings (SSSR count). The van der Waals surface area contributed by atoms with Crippen molar-refractivity contribution in [1.82, 2.24) is 0 Å². The van der Waals surface area contributed by atoms with E-state index >= 15 is 0 Å². The molecule has 0 heterocycles. The Hall–Kier alpha value is -1.04. The average Bonchev–Trinajstić information content (AvgIpc) is 2.46. The van der Waals surface area contributed by atoms with Gasteiger partial charge in [-0.15, -0.1) is 0 Å². The summed E-state index contributed by atoms with van der Waals surface area (Å²) in [6, 6.07) is 11.2. The second kappa shape index (κ2) is 6.61. The standard InChI is InChI=1S/C15H15Br2NO2/c1-19-10-4-6-14(20-2)12(8-10)15(18)11-5-3-9(16)7-13(11)17/h3-8,15H,18H2,1-2H3. The van der Waals surface area contributed by atoms with Crippen molar-refractivity contribution in [3.05, 3.63) is 56.5 Å². The van der Waals surface area contributed by atoms with Crippen molar-refractivity contribution in [2.45, 2.75) is 6.04 Å². The number of hydrogen-bond donors (Lipinski definition) is 1. The van der Waals surface area contributed by atoms with Crippen LogP contribution in [0.15, 0.2) is 45.3 Å². The topological polar surface area (TPSA) is 44.5 Å². The van der Waals surface area contributed by atoms with Gasteiger partial charge in [-0.05, 0) is 35.9 Å². The summed E-state index contributed by atoms with van der Waals surface area (Å²) in [5.41, 5.74) is 8.26. The van der Waals surface area contributed by atoms with Crippen molar-refractivity contribution >= 4 is 31.9 Å². The quantitative estimate of drug-likeness (QED) is 0.832. The molecule has 0 aliphatic heterocycles. The maximum atomic E-state index is 6.39. The third kappa shape index (κ3) is 3.16. The first kappa shape index (κ1) is 15.4. The zero-order chi connectivity index (χ0) is 14.7. The first-order valence-corrected chi connectivity index (χ1v) is 7.58. The van der Waals surface area contributed by atoms with Gasteiger partial charge >= 0.3 is 0 Å². The van der Waals surface area contributed by atoms with Gasteiger partial charge in [-0.3, -0.25) is 0 Å². The van der Waals surface area contributed by atoms with Gasteiger partial charge < -0.3 is 15.2 Å². The fraction of sp³-hybridized carbons (Fsp3) is 0.200. The van der Waals surface area contributed by atoms with E-state index in [0.29, 0.717) is 0 Å². The van der Waals surface area contributed by atoms with Crippen molar-refractivity contribution in [1.29, 1.82) is 0 Å². The molecular formula is C15H15Br2NO2. The van der Waals surface area contributed by atoms with Crippen LogP contribution in [-0.2, 0) is 0 Å². The maximum absolute atomic E-state index is 6.39. The highest BCUT2D eigenvalue weighted by Crippen LogP contribution is 2.35. The Kier molecular flexibility index (Phi) is 5.07. The Balaban J connectivity index is 2.48. The molecule has 2 N–H and O–H groups in total. The SMILES string of the molecule is COc1ccc(OC)c(C(N)c2ccc(Br)cc2Br)c1. The number of hydrogen-bond acceptors (Lipinski definition) is 3. The monoisotopic (exact) mass is 399 g/mol. The number of nitrogens with two attached hydrogens (primary N) is 1. The highest BCUT2D eigenvalue weighted by Gasteiger charge is 2.17. The Morgan fingerprint density at radius 3 is 2.30 bits per heavy atom. The molecule has 0 saturated heterocycles. The van der Waals surface area contributed by atoms with E-state index in [4.69, 9.17) is 15.2 Å². The van der Waals surface area contributed by atoms with Crippen LogP contribution in [0.4, 0.5) is 0 Å². The minimum atomic E-state index is -0.303. The van der Waals surface area contributed by atoms with Crippen molar-refractivity contribution in [2.24, 2.45) is 5.73 Å². The number of ether oxygens (including phenoxy) is 2. The van der Waals surface area contributed by atoms with Crippen LogP contribution in [0.25, 0.3) is 0 Å². The maximum Gasteiger partial charge on any atom is 0.124 e. The largest absolute Gasteiger partial charge is 0.497 e. The molecule has 0 saturated carbocycles. The fourth-order valence-electron chi connectivity index (χ4n) is 2.00. The summed E-state index contributed by atoms with van der Waals surface area (Å²) in [6.45, 7) is 0. The molecule has 2 aromatic carbocycles. The van der Waals surface area contributed by atoms with Crippen LogP contribution < -0.4 is 15.2 Å². The first-order valence-electron chi connectivity index (χ1n) is 5.99. The van der Waals surface area contributed by atoms with Gasteiger partial charge in [-0.1, -0.05) is 37.9 Å². The molecule has 0 radical (unpaired) electrons. The van der Waals surface area contributed by atoms with Gasteiger partial charge in [0.1, 0.15) is 11.5 Å². The summed E-state index contributed by atoms with van der Waals surface area (Å²) in [6.07, 6.45) is 0. The number of rotatable bonds is 4. The number of benzene rings is 2. The summed E-state index contributed by atoms with van der Waals surface area (Å²) in [5, 5.41) is 0. The second-order valence-electron chi connectivity index (χ2n) is 4.25. The van der Waals surface area contributed by atoms with Gasteiger partial charge in [0, 0.05) is 14.5 Å². The Morgan fingerprint density at radius 2 is 1.70 bits per heavy atom. The van der Waals surface area contributed by atoms with Gasteiger partial charge in [0.2, 0.25) is 0 Å². The van der Waals surface area contributed by atoms with Gasteiger partial charge in [-0.25, -0.2) is 0 Å². The lowest BCUT2D eigenvalue weighted by Crippen LogP contribution is -2.14. The van der Waals surface area contributed by atoms with Crippen LogP contribution >= 0.6 is 31.9 Å². The zero-order valence-corrected chi connectivity index (χ0v) is 14.4. The summed E-state index contributed by atoms with van der Waals surface area (Å²) in [4.78, 5) is 0. The predicted molar refractivity (Wildman–Crippen MR) is 87.4 cm³/mol. The van der Waals surface area contributed by atoms with Crippen LogP contribution in [0.3, 0.4) is 0 Å². The highest BCUT2D eigenvalue weighted by molar-refractivity contribution is 9.11. The molecule has 0 aliphatic rings. The molecule has 0 aliphatic carbocycles. The lowest BCUT2D eigenvalue weighted by atomic mass is 9.98. The Bertz CT molecular complexity index is 617. The van der Waals surface area contributed by atoms with Crippen LogP contribution in [-0.4, -0.2) is 14.2 Å². The lowest BCUT2D eigenvalue weighted by molar-refractivity contribution is 0.397. The van der Waals surface area contributed by atoms with E-state index in [1.807, 2.05) is 36.4 Å². The van der Waals surface area contributed by atoms with Crippen LogP contribution in [0.1, 0.15) is 17.2 Å². The van der Waals surface area contributed by atoms with E-state index < -0.39 is 0 Å². The summed E-state index contributed by atoms with van der Waals surface area (Å²) in [7, 11) is 3.27. The molecule has 0 fully saturated rings. The fourth-order valence-corrected chi connectivity index (χ4v) is 3.30. The van der Waals surface area contributed by atoms with E-state index in [0.717, 1.165) is 31.6 Å².